The summed E-state index contributed by atoms with van der Waals surface area (Å²) in [5.41, 5.74) is 16.7. The summed E-state index contributed by atoms with van der Waals surface area (Å²) < 4.78 is 207. The Kier molecular flexibility index (Phi) is 29.6. The van der Waals surface area contributed by atoms with Gasteiger partial charge in [0.05, 0.1) is 11.3 Å². The van der Waals surface area contributed by atoms with Gasteiger partial charge in [-0.05, 0) is 195 Å². The van der Waals surface area contributed by atoms with Crippen LogP contribution in [0.25, 0.3) is 134 Å². The van der Waals surface area contributed by atoms with Crippen LogP contribution in [0.3, 0.4) is 0 Å². The normalized spacial score (nSPS) is 13.5. The fraction of sp³-hybridized carbons (Fsp3) is 0.207. The number of aromatic nitrogens is 8. The van der Waals surface area contributed by atoms with Crippen LogP contribution < -0.4 is 0 Å². The van der Waals surface area contributed by atoms with E-state index < -0.39 is 56.7 Å². The number of alkyl halides is 3. The van der Waals surface area contributed by atoms with E-state index >= 15 is 0 Å². The maximum atomic E-state index is 10.7. The van der Waals surface area contributed by atoms with E-state index in [4.69, 9.17) is 56.7 Å². The second-order valence-electron chi connectivity index (χ2n) is 31.9. The Morgan fingerprint density at radius 3 is 1.20 bits per heavy atom. The molecule has 10 heterocycles. The molecule has 21 heteroatoms. The number of aliphatic hydroxyl groups excluding tert-OH is 2. The molecule has 132 heavy (non-hydrogen) atoms. The van der Waals surface area contributed by atoms with Crippen molar-refractivity contribution in [2.24, 2.45) is 10.8 Å². The Hall–Kier alpha value is -12.5. The molecule has 0 saturated carbocycles. The SMILES string of the molecule is CO.CO.O=S(=O)([O-])C(F)(F)F.[2H]C([2H])([2H])c1c[c-]c(-c2ccc(C)cn2)cc1-c1ccccc1.[2H]C([2H])([2H])c1c[c-]c(-c2ccc(C)cn2)cc1-c1ccccc1.[2H]C([2H])([2H])c1ccc2c(n1)oc1c(-c3cc(CC(C)(C)C)ccn3)[c-]ccc12.[2H]C([2H])([2H])c1ccc2c(n1)oc1c(-c3cc(CC(C)(C)C)ccn3)cccc12.[2H]C([2H])([2H])c1cnc(-c2[c-]cccc2)cc1C.[2H]C([2H])([2H])c1cnc(-c2[c-]cccc2)cc1C.[Ir+3].[Ir+3]. The second kappa shape index (κ2) is 48.6. The van der Waals surface area contributed by atoms with E-state index in [1.165, 1.54) is 29.6 Å². The summed E-state index contributed by atoms with van der Waals surface area (Å²) in [5.74, 6) is 0. The fourth-order valence-electron chi connectivity index (χ4n) is 13.1. The second-order valence-corrected chi connectivity index (χ2v) is 33.3. The van der Waals surface area contributed by atoms with Crippen LogP contribution in [-0.2, 0) is 63.2 Å². The third-order valence-electron chi connectivity index (χ3n) is 19.2. The number of halogens is 3. The zero-order chi connectivity index (χ0) is 109. The van der Waals surface area contributed by atoms with Crippen molar-refractivity contribution in [1.29, 1.82) is 0 Å². The van der Waals surface area contributed by atoms with Gasteiger partial charge in [0.1, 0.15) is 5.58 Å². The van der Waals surface area contributed by atoms with E-state index in [9.17, 15) is 13.2 Å². The standard InChI is InChI=1S/C22H22N2O.C22H21N2O.2C19H16N.2C13H12N.CHF3O3S.2CH4O.2Ir/c2*1-14-8-9-17-16-6-5-7-18(20(16)25-21(17)24-14)19-12-15(10-11-23-19)13-22(2,3)4;2*1-14-8-11-19(20-13-14)17-10-9-15(2)18(12-17)16-6-4-3-5-7-16;2*1-10-8-13(14-9-11(10)2)12-6-4-3-5-7-12;2-1(3,4)8(5,6)7;2*1-2;;/h5-12H,13H2,1-4H3;5-6,8-12H,13H2,1-4H3;2*3-9,11-13H,1-2H3;2*3-6,8-9H,1-2H3;(H,5,6,7);2*2H,1H3;;/q;5*-1;;;;2*+3/p-1/i2*1D3;4*2D3;;;;;. The van der Waals surface area contributed by atoms with Gasteiger partial charge in [0.15, 0.2) is 10.1 Å². The number of hydrogen-bond donors (Lipinski definition) is 2. The van der Waals surface area contributed by atoms with Crippen molar-refractivity contribution < 1.29 is 110 Å². The first-order valence-electron chi connectivity index (χ1n) is 49.7. The van der Waals surface area contributed by atoms with Crippen molar-refractivity contribution in [2.45, 2.75) is 129 Å². The third-order valence-corrected chi connectivity index (χ3v) is 19.8. The van der Waals surface area contributed by atoms with E-state index in [0.717, 1.165) is 150 Å². The van der Waals surface area contributed by atoms with Gasteiger partial charge in [-0.1, -0.05) is 209 Å². The zero-order valence-corrected chi connectivity index (χ0v) is 79.9. The molecule has 0 radical (unpaired) electrons. The fourth-order valence-corrected chi connectivity index (χ4v) is 13.1. The molecule has 18 rings (SSSR count). The molecule has 15 nitrogen and oxygen atoms in total. The van der Waals surface area contributed by atoms with Crippen molar-refractivity contribution in [3.05, 3.63) is 383 Å². The van der Waals surface area contributed by atoms with Crippen LogP contribution in [0, 0.1) is 110 Å². The number of rotatable bonds is 10. The average Bonchev–Trinajstić information content (AvgIpc) is 1.61. The van der Waals surface area contributed by atoms with E-state index in [-0.39, 0.29) is 62.4 Å². The summed E-state index contributed by atoms with van der Waals surface area (Å²) in [5, 5.41) is 17.4. The van der Waals surface area contributed by atoms with Crippen LogP contribution in [0.4, 0.5) is 13.2 Å². The van der Waals surface area contributed by atoms with E-state index in [1.807, 2.05) is 208 Å². The van der Waals surface area contributed by atoms with Gasteiger partial charge < -0.3 is 48.5 Å². The number of hydrogen-bond acceptors (Lipinski definition) is 15. The maximum Gasteiger partial charge on any atom is 3.00 e. The smallest absolute Gasteiger partial charge is 0.741 e. The summed E-state index contributed by atoms with van der Waals surface area (Å²) in [6.45, 7) is 7.67. The van der Waals surface area contributed by atoms with Gasteiger partial charge in [-0.3, -0.25) is 4.98 Å². The number of aryl methyl sites for hydroxylation is 10. The van der Waals surface area contributed by atoms with Crippen LogP contribution >= 0.6 is 0 Å². The topological polar surface area (TPSA) is 227 Å². The Morgan fingerprint density at radius 1 is 0.379 bits per heavy atom. The molecule has 678 valence electrons. The van der Waals surface area contributed by atoms with Crippen LogP contribution in [0.2, 0.25) is 0 Å². The van der Waals surface area contributed by atoms with Gasteiger partial charge in [-0.25, -0.2) is 18.4 Å². The average molecular weight is 2160 g/mol. The van der Waals surface area contributed by atoms with Gasteiger partial charge in [0.25, 0.3) is 0 Å². The minimum absolute atomic E-state index is 0. The van der Waals surface area contributed by atoms with E-state index in [0.29, 0.717) is 56.0 Å². The molecular formula is C111H107F3Ir2N8O7S. The minimum atomic E-state index is -6.09. The minimum Gasteiger partial charge on any atom is -0.741 e. The van der Waals surface area contributed by atoms with Crippen LogP contribution in [0.15, 0.2) is 295 Å². The first kappa shape index (κ1) is 80.3. The predicted octanol–water partition coefficient (Wildman–Crippen LogP) is 26.9. The molecule has 2 N–H and O–H groups in total. The Bertz CT molecular complexity index is 7210. The van der Waals surface area contributed by atoms with Crippen molar-refractivity contribution in [1.82, 2.24) is 39.9 Å². The number of para-hydroxylation sites is 1. The van der Waals surface area contributed by atoms with Crippen LogP contribution in [-0.4, -0.2) is 82.8 Å². The molecule has 0 saturated heterocycles. The molecule has 0 atom stereocenters. The molecule has 10 aromatic heterocycles. The quantitative estimate of drug-likeness (QED) is 0.0737. The predicted molar refractivity (Wildman–Crippen MR) is 519 cm³/mol. The summed E-state index contributed by atoms with van der Waals surface area (Å²) >= 11 is 0. The maximum absolute atomic E-state index is 10.7. The largest absolute Gasteiger partial charge is 3.00 e. The van der Waals surface area contributed by atoms with E-state index in [2.05, 4.69) is 124 Å². The molecule has 0 aliphatic carbocycles. The summed E-state index contributed by atoms with van der Waals surface area (Å²) in [6, 6.07) is 92.2. The van der Waals surface area contributed by atoms with Crippen molar-refractivity contribution in [3.8, 4) is 89.8 Å². The molecule has 0 bridgehead atoms. The number of furan rings is 2. The molecule has 8 aromatic carbocycles. The van der Waals surface area contributed by atoms with Crippen molar-refractivity contribution in [3.63, 3.8) is 0 Å². The van der Waals surface area contributed by atoms with Crippen LogP contribution in [0.1, 0.15) is 133 Å². The molecule has 18 aromatic rings. The number of aliphatic hydroxyl groups is 2. The van der Waals surface area contributed by atoms with Crippen LogP contribution in [0.5, 0.6) is 0 Å². The molecule has 0 aliphatic rings. The number of benzene rings is 8. The Morgan fingerprint density at radius 2 is 0.803 bits per heavy atom. The molecular weight excluding hydrogens is 2030 g/mol. The molecule has 0 aliphatic heterocycles. The Labute approximate surface area is 826 Å². The number of pyridine rings is 8. The number of fused-ring (bicyclic) bond motifs is 6. The third kappa shape index (κ3) is 29.5. The van der Waals surface area contributed by atoms with Gasteiger partial charge in [-0.15, -0.1) is 149 Å². The monoisotopic (exact) mass is 2160 g/mol. The molecule has 0 amide bonds. The molecule has 0 fully saturated rings. The van der Waals surface area contributed by atoms with Crippen molar-refractivity contribution >= 4 is 54.3 Å². The molecule has 0 unspecified atom stereocenters. The van der Waals surface area contributed by atoms with Gasteiger partial charge in [-0.2, -0.15) is 13.2 Å². The Balaban J connectivity index is 0.000000216. The molecule has 0 spiro atoms. The first-order chi connectivity index (χ1) is 69.3. The number of nitrogens with zero attached hydrogens (tertiary/aromatic N) is 8. The van der Waals surface area contributed by atoms with Crippen molar-refractivity contribution in [2.75, 3.05) is 14.2 Å². The zero-order valence-electron chi connectivity index (χ0n) is 92.3. The van der Waals surface area contributed by atoms with Gasteiger partial charge >= 0.3 is 45.7 Å². The van der Waals surface area contributed by atoms with Gasteiger partial charge in [0, 0.05) is 109 Å². The van der Waals surface area contributed by atoms with Gasteiger partial charge in [0.2, 0.25) is 11.4 Å². The summed E-state index contributed by atoms with van der Waals surface area (Å²) in [4.78, 5) is 34.7. The summed E-state index contributed by atoms with van der Waals surface area (Å²) in [6.07, 6.45) is 12.0. The first-order valence-corrected chi connectivity index (χ1v) is 42.1. The van der Waals surface area contributed by atoms with E-state index in [1.54, 1.807) is 74.9 Å². The summed E-state index contributed by atoms with van der Waals surface area (Å²) in [7, 11) is -4.09.